The van der Waals surface area contributed by atoms with Crippen molar-refractivity contribution in [2.75, 3.05) is 13.2 Å². The summed E-state index contributed by atoms with van der Waals surface area (Å²) in [5.74, 6) is 3.75. The number of esters is 2. The third-order valence-corrected chi connectivity index (χ3v) is 16.9. The van der Waals surface area contributed by atoms with Crippen molar-refractivity contribution in [1.82, 2.24) is 0 Å². The Morgan fingerprint density at radius 2 is 0.966 bits per heavy atom. The largest absolute Gasteiger partial charge is 0.691 e. The van der Waals surface area contributed by atoms with E-state index in [-0.39, 0.29) is 32.9 Å². The fourth-order valence-corrected chi connectivity index (χ4v) is 15.2. The lowest BCUT2D eigenvalue weighted by Gasteiger charge is -2.56. The van der Waals surface area contributed by atoms with Crippen LogP contribution in [0.3, 0.4) is 0 Å². The van der Waals surface area contributed by atoms with E-state index in [1.807, 2.05) is 0 Å². The Kier molecular flexibility index (Phi) is 11.8. The molecule has 8 aliphatic carbocycles. The average molecular weight is 819 g/mol. The van der Waals surface area contributed by atoms with Gasteiger partial charge in [0.1, 0.15) is 0 Å². The summed E-state index contributed by atoms with van der Waals surface area (Å²) >= 11 is 0.664. The van der Waals surface area contributed by atoms with Crippen LogP contribution in [0.15, 0.2) is 123 Å². The maximum absolute atomic E-state index is 13.2. The summed E-state index contributed by atoms with van der Waals surface area (Å²) in [6, 6.07) is 35.1. The molecular formula is C49H54O7S2. The Labute approximate surface area is 350 Å². The fraction of sp³-hybridized carbons (Fsp3) is 0.469. The van der Waals surface area contributed by atoms with Crippen molar-refractivity contribution in [3.05, 3.63) is 120 Å². The molecule has 8 bridgehead atoms. The van der Waals surface area contributed by atoms with Crippen LogP contribution in [0.4, 0.5) is 0 Å². The van der Waals surface area contributed by atoms with Crippen LogP contribution in [0, 0.1) is 53.3 Å². The number of aryl methyl sites for hydroxylation is 1. The quantitative estimate of drug-likeness (QED) is 0.0459. The summed E-state index contributed by atoms with van der Waals surface area (Å²) in [6.45, 7) is 2.99. The molecule has 58 heavy (non-hydrogen) atoms. The Bertz CT molecular complexity index is 1860. The van der Waals surface area contributed by atoms with Crippen LogP contribution < -0.4 is 5.26 Å². The Balaban J connectivity index is 0.000000183. The highest BCUT2D eigenvalue weighted by molar-refractivity contribution is 7.97. The van der Waals surface area contributed by atoms with Crippen molar-refractivity contribution < 1.29 is 33.7 Å². The summed E-state index contributed by atoms with van der Waals surface area (Å²) in [7, 11) is -0.0229. The molecule has 0 heterocycles. The molecule has 8 saturated carbocycles. The standard InChI is InChI=1S/C30H38O7S.C19H17S/c31-27(34-16-29-10-18-1-19(11-29)3-20(2-18)12-29)24-7-25(9-26(8-24)38-37-36-33)28(32)35-17-30-13-21-4-22(14-30)6-23(5-21)15-30;1-16-12-14-19(15-13-16)20(17-8-4-2-5-9-17)18-10-6-3-7-11-18/h7-9,18-23,33H,1-6,10-17H2;2-15H,1H3/q;+1/p-1. The first-order valence-corrected chi connectivity index (χ1v) is 23.2. The van der Waals surface area contributed by atoms with Gasteiger partial charge >= 0.3 is 11.9 Å². The fourth-order valence-electron chi connectivity index (χ4n) is 12.7. The Morgan fingerprint density at radius 3 is 1.34 bits per heavy atom. The SMILES string of the molecule is Cc1ccc([S+](c2ccccc2)c2ccccc2)cc1.O=C(OCC12CC3CC(CC(C3)C1)C2)c1cc(SOO[O-])cc(C(=O)OCC23CC4CC(CC(C4)C2)C3)c1. The van der Waals surface area contributed by atoms with Gasteiger partial charge in [0.2, 0.25) is 0 Å². The highest BCUT2D eigenvalue weighted by Gasteiger charge is 2.52. The zero-order chi connectivity index (χ0) is 39.7. The first kappa shape index (κ1) is 39.8. The number of ether oxygens (including phenoxy) is 2. The minimum atomic E-state index is -0.457. The molecule has 7 nitrogen and oxygen atoms in total. The lowest BCUT2D eigenvalue weighted by atomic mass is 9.50. The van der Waals surface area contributed by atoms with Gasteiger partial charge in [0.15, 0.2) is 14.7 Å². The zero-order valence-corrected chi connectivity index (χ0v) is 35.0. The second-order valence-corrected chi connectivity index (χ2v) is 21.5. The predicted molar refractivity (Wildman–Crippen MR) is 222 cm³/mol. The van der Waals surface area contributed by atoms with E-state index in [2.05, 4.69) is 101 Å². The summed E-state index contributed by atoms with van der Waals surface area (Å²) in [5.41, 5.74) is 2.04. The van der Waals surface area contributed by atoms with Crippen LogP contribution in [-0.2, 0) is 29.7 Å². The van der Waals surface area contributed by atoms with Gasteiger partial charge < -0.3 is 14.7 Å². The van der Waals surface area contributed by atoms with Crippen molar-refractivity contribution >= 4 is 34.9 Å². The van der Waals surface area contributed by atoms with Crippen molar-refractivity contribution in [2.24, 2.45) is 46.3 Å². The molecule has 4 aromatic rings. The summed E-state index contributed by atoms with van der Waals surface area (Å²) in [6.07, 6.45) is 14.9. The van der Waals surface area contributed by atoms with Gasteiger partial charge in [0.25, 0.3) is 0 Å². The molecule has 304 valence electrons. The van der Waals surface area contributed by atoms with Crippen LogP contribution in [-0.4, -0.2) is 25.2 Å². The second-order valence-electron chi connectivity index (χ2n) is 18.7. The lowest BCUT2D eigenvalue weighted by Crippen LogP contribution is -2.48. The number of hydrogen-bond donors (Lipinski definition) is 0. The lowest BCUT2D eigenvalue weighted by molar-refractivity contribution is -0.777. The van der Waals surface area contributed by atoms with Gasteiger partial charge in [-0.15, -0.1) is 0 Å². The monoisotopic (exact) mass is 818 g/mol. The van der Waals surface area contributed by atoms with E-state index in [1.54, 1.807) is 18.2 Å². The summed E-state index contributed by atoms with van der Waals surface area (Å²) < 4.78 is 16.3. The van der Waals surface area contributed by atoms with E-state index < -0.39 is 11.9 Å². The topological polar surface area (TPSA) is 94.1 Å². The molecule has 4 aromatic carbocycles. The van der Waals surface area contributed by atoms with E-state index in [0.717, 1.165) is 74.0 Å². The van der Waals surface area contributed by atoms with Crippen molar-refractivity contribution in [1.29, 1.82) is 0 Å². The molecule has 12 rings (SSSR count). The molecule has 0 saturated heterocycles. The number of rotatable bonds is 12. The van der Waals surface area contributed by atoms with Crippen LogP contribution in [0.5, 0.6) is 0 Å². The maximum atomic E-state index is 13.2. The molecule has 0 amide bonds. The van der Waals surface area contributed by atoms with Crippen LogP contribution in [0.2, 0.25) is 0 Å². The van der Waals surface area contributed by atoms with Crippen molar-refractivity contribution in [3.8, 4) is 0 Å². The van der Waals surface area contributed by atoms with E-state index in [0.29, 0.717) is 30.2 Å². The van der Waals surface area contributed by atoms with Gasteiger partial charge in [-0.25, -0.2) is 9.59 Å². The van der Waals surface area contributed by atoms with E-state index in [4.69, 9.17) is 9.47 Å². The molecule has 0 aromatic heterocycles. The molecule has 9 heteroatoms. The van der Waals surface area contributed by atoms with Gasteiger partial charge in [-0.1, -0.05) is 54.1 Å². The predicted octanol–water partition coefficient (Wildman–Crippen LogP) is 10.8. The Hall–Kier alpha value is -3.60. The number of carbonyl (C=O) groups is 2. The highest BCUT2D eigenvalue weighted by atomic mass is 32.2. The molecule has 0 N–H and O–H groups in total. The van der Waals surface area contributed by atoms with Crippen LogP contribution in [0.1, 0.15) is 103 Å². The summed E-state index contributed by atoms with van der Waals surface area (Å²) in [5, 5.41) is 13.9. The zero-order valence-electron chi connectivity index (χ0n) is 33.4. The first-order valence-electron chi connectivity index (χ1n) is 21.3. The first-order chi connectivity index (χ1) is 28.2. The molecular weight excluding hydrogens is 765 g/mol. The van der Waals surface area contributed by atoms with E-state index >= 15 is 0 Å². The summed E-state index contributed by atoms with van der Waals surface area (Å²) in [4.78, 5) is 30.9. The van der Waals surface area contributed by atoms with Gasteiger partial charge in [0, 0.05) is 15.7 Å². The van der Waals surface area contributed by atoms with Crippen molar-refractivity contribution in [2.45, 2.75) is 104 Å². The van der Waals surface area contributed by atoms with Gasteiger partial charge in [0.05, 0.1) is 47.3 Å². The molecule has 0 unspecified atom stereocenters. The third-order valence-electron chi connectivity index (χ3n) is 14.1. The van der Waals surface area contributed by atoms with Crippen molar-refractivity contribution in [3.63, 3.8) is 0 Å². The third kappa shape index (κ3) is 8.95. The minimum Gasteiger partial charge on any atom is -0.691 e. The minimum absolute atomic E-state index is 0.0229. The second kappa shape index (κ2) is 17.2. The number of hydrogen-bond acceptors (Lipinski definition) is 8. The molecule has 0 radical (unpaired) electrons. The Morgan fingerprint density at radius 1 is 0.586 bits per heavy atom. The smallest absolute Gasteiger partial charge is 0.338 e. The normalized spacial score (nSPS) is 29.8. The molecule has 8 fully saturated rings. The molecule has 0 aliphatic heterocycles. The van der Waals surface area contributed by atoms with Crippen LogP contribution in [0.25, 0.3) is 0 Å². The molecule has 0 spiro atoms. The molecule has 8 aliphatic rings. The average Bonchev–Trinajstić information content (AvgIpc) is 3.22. The van der Waals surface area contributed by atoms with E-state index in [9.17, 15) is 14.8 Å². The number of benzene rings is 4. The van der Waals surface area contributed by atoms with Gasteiger partial charge in [-0.3, -0.25) is 5.04 Å². The van der Waals surface area contributed by atoms with Crippen LogP contribution >= 0.6 is 12.0 Å². The molecule has 0 atom stereocenters. The highest BCUT2D eigenvalue weighted by Crippen LogP contribution is 2.61. The maximum Gasteiger partial charge on any atom is 0.338 e. The van der Waals surface area contributed by atoms with E-state index in [1.165, 1.54) is 58.8 Å². The number of carbonyl (C=O) groups excluding carboxylic acids is 2. The van der Waals surface area contributed by atoms with Gasteiger partial charge in [-0.05, 0) is 174 Å². The van der Waals surface area contributed by atoms with Gasteiger partial charge in [-0.2, -0.15) is 4.33 Å².